The van der Waals surface area contributed by atoms with Gasteiger partial charge in [0, 0.05) is 22.7 Å². The fourth-order valence-electron chi connectivity index (χ4n) is 5.74. The minimum Gasteiger partial charge on any atom is -0.491 e. The summed E-state index contributed by atoms with van der Waals surface area (Å²) < 4.78 is 23.9. The largest absolute Gasteiger partial charge is 0.491 e. The zero-order chi connectivity index (χ0) is 38.7. The molecule has 288 valence electrons. The van der Waals surface area contributed by atoms with Gasteiger partial charge in [0.15, 0.2) is 0 Å². The Labute approximate surface area is 315 Å². The maximum absolute atomic E-state index is 13.7. The number of anilines is 2. The van der Waals surface area contributed by atoms with Gasteiger partial charge in [0.1, 0.15) is 23.9 Å². The van der Waals surface area contributed by atoms with E-state index in [-0.39, 0.29) is 35.3 Å². The number of rotatable bonds is 16. The fourth-order valence-corrected chi connectivity index (χ4v) is 5.74. The van der Waals surface area contributed by atoms with Crippen LogP contribution in [0.3, 0.4) is 0 Å². The van der Waals surface area contributed by atoms with Gasteiger partial charge in [0.05, 0.1) is 36.8 Å². The number of benzene rings is 3. The van der Waals surface area contributed by atoms with Crippen LogP contribution < -0.4 is 30.2 Å². The first-order valence-corrected chi connectivity index (χ1v) is 18.9. The Morgan fingerprint density at radius 1 is 0.660 bits per heavy atom. The lowest BCUT2D eigenvalue weighted by Crippen LogP contribution is -2.37. The van der Waals surface area contributed by atoms with Crippen molar-refractivity contribution in [3.05, 3.63) is 76.9 Å². The second kappa shape index (κ2) is 19.0. The number of ether oxygens (including phenoxy) is 4. The molecule has 0 atom stereocenters. The van der Waals surface area contributed by atoms with E-state index >= 15 is 0 Å². The van der Waals surface area contributed by atoms with Crippen molar-refractivity contribution in [1.82, 2.24) is 5.32 Å². The lowest BCUT2D eigenvalue weighted by Gasteiger charge is -2.27. The molecule has 1 saturated carbocycles. The van der Waals surface area contributed by atoms with Crippen molar-refractivity contribution in [1.29, 1.82) is 0 Å². The molecule has 0 aromatic heterocycles. The summed E-state index contributed by atoms with van der Waals surface area (Å²) in [5, 5.41) is 9.08. The molecule has 1 fully saturated rings. The molecule has 0 radical (unpaired) electrons. The molecule has 1 aliphatic rings. The smallest absolute Gasteiger partial charge is 0.255 e. The summed E-state index contributed by atoms with van der Waals surface area (Å²) in [7, 11) is 0. The molecule has 4 rings (SSSR count). The molecule has 0 aliphatic heterocycles. The third-order valence-corrected chi connectivity index (χ3v) is 8.81. The number of amides is 3. The van der Waals surface area contributed by atoms with E-state index in [1.807, 2.05) is 61.5 Å². The first-order chi connectivity index (χ1) is 25.1. The lowest BCUT2D eigenvalue weighted by atomic mass is 9.87. The highest BCUT2D eigenvalue weighted by molar-refractivity contribution is 6.08. The number of hydrogen-bond donors (Lipinski definition) is 3. The molecule has 0 unspecified atom stereocenters. The molecule has 1 aliphatic carbocycles. The molecule has 3 N–H and O–H groups in total. The van der Waals surface area contributed by atoms with Gasteiger partial charge in [0.25, 0.3) is 17.7 Å². The molecule has 0 spiro atoms. The van der Waals surface area contributed by atoms with Gasteiger partial charge in [-0.3, -0.25) is 14.4 Å². The quantitative estimate of drug-likeness (QED) is 0.126. The SMILES string of the molecule is Cc1ccc(C(=O)Nc2ccc(C(=O)Nc3ccc(C(=O)N[C@H]4CC[C@H](C)CC4)cc3OCC(C)C)cc2OCC(C)C)cc1OCCOC(C)(C)C. The summed E-state index contributed by atoms with van der Waals surface area (Å²) in [4.78, 5) is 40.3. The Hall–Kier alpha value is -4.57. The molecule has 53 heavy (non-hydrogen) atoms. The molecular formula is C43H59N3O7. The van der Waals surface area contributed by atoms with Crippen LogP contribution in [0.2, 0.25) is 0 Å². The molecule has 10 heteroatoms. The molecular weight excluding hydrogens is 670 g/mol. The molecule has 3 amide bonds. The maximum Gasteiger partial charge on any atom is 0.255 e. The average Bonchev–Trinajstić information content (AvgIpc) is 3.10. The van der Waals surface area contributed by atoms with E-state index < -0.39 is 5.91 Å². The van der Waals surface area contributed by atoms with Crippen molar-refractivity contribution in [2.75, 3.05) is 37.1 Å². The summed E-state index contributed by atoms with van der Waals surface area (Å²) in [6, 6.07) is 15.5. The summed E-state index contributed by atoms with van der Waals surface area (Å²) in [6.45, 7) is 19.8. The van der Waals surface area contributed by atoms with Crippen molar-refractivity contribution in [2.24, 2.45) is 17.8 Å². The first kappa shape index (κ1) is 41.2. The van der Waals surface area contributed by atoms with Crippen LogP contribution in [0.1, 0.15) is 118 Å². The minimum atomic E-state index is -0.393. The van der Waals surface area contributed by atoms with Crippen LogP contribution in [-0.2, 0) is 4.74 Å². The second-order valence-corrected chi connectivity index (χ2v) is 16.0. The molecule has 3 aromatic rings. The van der Waals surface area contributed by atoms with E-state index in [9.17, 15) is 14.4 Å². The van der Waals surface area contributed by atoms with Crippen molar-refractivity contribution in [2.45, 2.75) is 99.6 Å². The van der Waals surface area contributed by atoms with E-state index in [2.05, 4.69) is 22.9 Å². The van der Waals surface area contributed by atoms with Gasteiger partial charge in [-0.2, -0.15) is 0 Å². The molecule has 10 nitrogen and oxygen atoms in total. The van der Waals surface area contributed by atoms with Gasteiger partial charge in [-0.25, -0.2) is 0 Å². The van der Waals surface area contributed by atoms with E-state index in [1.54, 1.807) is 48.5 Å². The van der Waals surface area contributed by atoms with Crippen LogP contribution in [-0.4, -0.2) is 55.8 Å². The molecule has 3 aromatic carbocycles. The summed E-state index contributed by atoms with van der Waals surface area (Å²) in [5.74, 6) is 1.61. The van der Waals surface area contributed by atoms with Gasteiger partial charge < -0.3 is 34.9 Å². The molecule has 0 bridgehead atoms. The summed E-state index contributed by atoms with van der Waals surface area (Å²) in [6.07, 6.45) is 4.15. The van der Waals surface area contributed by atoms with E-state index in [4.69, 9.17) is 18.9 Å². The van der Waals surface area contributed by atoms with Crippen molar-refractivity contribution < 1.29 is 33.3 Å². The molecule has 0 saturated heterocycles. The first-order valence-electron chi connectivity index (χ1n) is 18.9. The number of nitrogens with one attached hydrogen (secondary N) is 3. The predicted molar refractivity (Wildman–Crippen MR) is 211 cm³/mol. The van der Waals surface area contributed by atoms with Crippen molar-refractivity contribution in [3.8, 4) is 17.2 Å². The van der Waals surface area contributed by atoms with Gasteiger partial charge >= 0.3 is 0 Å². The minimum absolute atomic E-state index is 0.151. The van der Waals surface area contributed by atoms with Crippen LogP contribution in [0.5, 0.6) is 17.2 Å². The molecule has 0 heterocycles. The number of carbonyl (C=O) groups excluding carboxylic acids is 3. The van der Waals surface area contributed by atoms with E-state index in [0.29, 0.717) is 77.7 Å². The van der Waals surface area contributed by atoms with Crippen LogP contribution in [0, 0.1) is 24.7 Å². The highest BCUT2D eigenvalue weighted by Crippen LogP contribution is 2.31. The normalized spacial score (nSPS) is 15.9. The van der Waals surface area contributed by atoms with Crippen LogP contribution >= 0.6 is 0 Å². The van der Waals surface area contributed by atoms with Crippen LogP contribution in [0.4, 0.5) is 11.4 Å². The zero-order valence-electron chi connectivity index (χ0n) is 33.0. The van der Waals surface area contributed by atoms with Gasteiger partial charge in [-0.05, 0) is 125 Å². The average molecular weight is 730 g/mol. The predicted octanol–water partition coefficient (Wildman–Crippen LogP) is 9.07. The Bertz CT molecular complexity index is 1700. The van der Waals surface area contributed by atoms with Crippen LogP contribution in [0.15, 0.2) is 54.6 Å². The fraction of sp³-hybridized carbons (Fsp3) is 0.512. The lowest BCUT2D eigenvalue weighted by molar-refractivity contribution is -0.0163. The Morgan fingerprint density at radius 3 is 1.62 bits per heavy atom. The maximum atomic E-state index is 13.7. The number of hydrogen-bond acceptors (Lipinski definition) is 7. The van der Waals surface area contributed by atoms with Crippen LogP contribution in [0.25, 0.3) is 0 Å². The standard InChI is InChI=1S/C43H59N3O7/c1-27(2)25-51-38-23-32(40(47)44-34-16-10-29(5)11-17-34)14-18-35(38)46-42(49)33-15-19-36(39(24-33)52-26-28(3)4)45-41(48)31-13-12-30(6)37(22-31)50-20-21-53-43(7,8)9/h12-15,18-19,22-24,27-29,34H,10-11,16-17,20-21,25-26H2,1-9H3,(H,44,47)(H,45,48)(H,46,49)/t29-,34-. The van der Waals surface area contributed by atoms with Gasteiger partial charge in [-0.15, -0.1) is 0 Å². The van der Waals surface area contributed by atoms with E-state index in [1.165, 1.54) is 0 Å². The van der Waals surface area contributed by atoms with Crippen molar-refractivity contribution in [3.63, 3.8) is 0 Å². The zero-order valence-corrected chi connectivity index (χ0v) is 33.0. The Kier molecular flexibility index (Phi) is 14.7. The summed E-state index contributed by atoms with van der Waals surface area (Å²) >= 11 is 0. The van der Waals surface area contributed by atoms with Gasteiger partial charge in [-0.1, -0.05) is 40.7 Å². The third-order valence-electron chi connectivity index (χ3n) is 8.81. The van der Waals surface area contributed by atoms with E-state index in [0.717, 1.165) is 31.2 Å². The Morgan fingerprint density at radius 2 is 1.13 bits per heavy atom. The van der Waals surface area contributed by atoms with Crippen molar-refractivity contribution >= 4 is 29.1 Å². The monoisotopic (exact) mass is 729 g/mol. The number of carbonyl (C=O) groups is 3. The topological polar surface area (TPSA) is 124 Å². The Balaban J connectivity index is 1.50. The second-order valence-electron chi connectivity index (χ2n) is 16.0. The highest BCUT2D eigenvalue weighted by Gasteiger charge is 2.22. The highest BCUT2D eigenvalue weighted by atomic mass is 16.5. The summed E-state index contributed by atoms with van der Waals surface area (Å²) in [5.41, 5.74) is 2.73. The van der Waals surface area contributed by atoms with Gasteiger partial charge in [0.2, 0.25) is 0 Å². The third kappa shape index (κ3) is 13.1. The number of aryl methyl sites for hydroxylation is 1.